The van der Waals surface area contributed by atoms with Crippen molar-refractivity contribution in [2.45, 2.75) is 63.5 Å². The van der Waals surface area contributed by atoms with E-state index in [2.05, 4.69) is 20.5 Å². The van der Waals surface area contributed by atoms with E-state index in [0.717, 1.165) is 13.0 Å². The molecule has 2 aromatic heterocycles. The van der Waals surface area contributed by atoms with Crippen molar-refractivity contribution >= 4 is 22.4 Å². The lowest BCUT2D eigenvalue weighted by Crippen LogP contribution is -2.64. The molecule has 3 unspecified atom stereocenters. The van der Waals surface area contributed by atoms with Gasteiger partial charge in [-0.2, -0.15) is 27.1 Å². The van der Waals surface area contributed by atoms with Crippen molar-refractivity contribution in [3.8, 4) is 0 Å². The lowest BCUT2D eigenvalue weighted by atomic mass is 9.90. The number of fused-ring (bicyclic) bond motifs is 3. The number of anilines is 2. The Morgan fingerprint density at radius 3 is 2.39 bits per heavy atom. The Kier molecular flexibility index (Phi) is 6.41. The van der Waals surface area contributed by atoms with Crippen LogP contribution in [0.1, 0.15) is 48.8 Å². The summed E-state index contributed by atoms with van der Waals surface area (Å²) in [7, 11) is 0. The van der Waals surface area contributed by atoms with E-state index in [1.807, 2.05) is 0 Å². The molecule has 0 amide bonds. The number of nitrogens with zero attached hydrogens (tertiary/aromatic N) is 4. The van der Waals surface area contributed by atoms with Crippen LogP contribution in [0.3, 0.4) is 0 Å². The molecular weight excluding hydrogens is 516 g/mol. The smallest absolute Gasteiger partial charge is 0.387 e. The average Bonchev–Trinajstić information content (AvgIpc) is 2.85. The van der Waals surface area contributed by atoms with Crippen LogP contribution in [0.2, 0.25) is 0 Å². The number of aliphatic hydroxyl groups is 1. The molecule has 2 aliphatic rings. The summed E-state index contributed by atoms with van der Waals surface area (Å²) < 4.78 is 91.6. The maximum absolute atomic E-state index is 15.2. The summed E-state index contributed by atoms with van der Waals surface area (Å²) in [5.74, 6) is -5.02. The van der Waals surface area contributed by atoms with E-state index in [1.165, 1.54) is 32.0 Å². The summed E-state index contributed by atoms with van der Waals surface area (Å²) in [4.78, 5) is 5.60. The van der Waals surface area contributed by atoms with Crippen molar-refractivity contribution in [2.24, 2.45) is 0 Å². The van der Waals surface area contributed by atoms with Crippen LogP contribution in [0.4, 0.5) is 37.8 Å². The molecule has 7 nitrogen and oxygen atoms in total. The summed E-state index contributed by atoms with van der Waals surface area (Å²) in [6.45, 7) is 4.43. The second-order valence-electron chi connectivity index (χ2n) is 9.75. The zero-order chi connectivity index (χ0) is 27.6. The van der Waals surface area contributed by atoms with Gasteiger partial charge in [-0.1, -0.05) is 12.1 Å². The fourth-order valence-corrected chi connectivity index (χ4v) is 5.08. The minimum absolute atomic E-state index is 0.0228. The van der Waals surface area contributed by atoms with Crippen LogP contribution >= 0.6 is 0 Å². The van der Waals surface area contributed by atoms with Crippen LogP contribution in [0.5, 0.6) is 0 Å². The number of ether oxygens (including phenoxy) is 1. The number of halogens is 6. The number of hydrogen-bond acceptors (Lipinski definition) is 7. The molecule has 2 saturated heterocycles. The van der Waals surface area contributed by atoms with Gasteiger partial charge in [0.25, 0.3) is 0 Å². The Morgan fingerprint density at radius 2 is 1.79 bits per heavy atom. The second-order valence-corrected chi connectivity index (χ2v) is 9.75. The number of alkyl halides is 5. The molecule has 0 radical (unpaired) electrons. The zero-order valence-corrected chi connectivity index (χ0v) is 20.7. The van der Waals surface area contributed by atoms with Gasteiger partial charge in [0.1, 0.15) is 11.9 Å². The van der Waals surface area contributed by atoms with Crippen molar-refractivity contribution in [3.63, 3.8) is 0 Å². The van der Waals surface area contributed by atoms with Crippen LogP contribution in [0.25, 0.3) is 10.9 Å². The SMILES string of the molecule is Cc1nnc(N[C@H](C)c2cccc(C(F)(F)C(C)O)c2F)c2cc(N3C4COCC3C4)c(C(F)(F)F)nc12. The van der Waals surface area contributed by atoms with Crippen LogP contribution in [0.15, 0.2) is 24.3 Å². The number of pyridine rings is 1. The molecule has 3 aromatic rings. The van der Waals surface area contributed by atoms with Crippen molar-refractivity contribution in [3.05, 3.63) is 52.6 Å². The van der Waals surface area contributed by atoms with Crippen molar-refractivity contribution < 1.29 is 36.2 Å². The third-order valence-electron chi connectivity index (χ3n) is 7.13. The minimum atomic E-state index is -4.73. The highest BCUT2D eigenvalue weighted by atomic mass is 19.4. The van der Waals surface area contributed by atoms with E-state index in [-0.39, 0.29) is 45.7 Å². The molecule has 0 aliphatic carbocycles. The van der Waals surface area contributed by atoms with Crippen LogP contribution in [0, 0.1) is 12.7 Å². The molecule has 204 valence electrons. The Labute approximate surface area is 213 Å². The van der Waals surface area contributed by atoms with Gasteiger partial charge in [0.2, 0.25) is 0 Å². The molecule has 0 saturated carbocycles. The van der Waals surface area contributed by atoms with Crippen molar-refractivity contribution in [2.75, 3.05) is 23.4 Å². The molecule has 1 aromatic carbocycles. The van der Waals surface area contributed by atoms with E-state index in [4.69, 9.17) is 4.74 Å². The Hall–Kier alpha value is -3.19. The van der Waals surface area contributed by atoms with Gasteiger partial charge < -0.3 is 20.1 Å². The summed E-state index contributed by atoms with van der Waals surface area (Å²) in [5.41, 5.74) is -2.15. The van der Waals surface area contributed by atoms with E-state index >= 15 is 4.39 Å². The first-order valence-corrected chi connectivity index (χ1v) is 12.0. The van der Waals surface area contributed by atoms with E-state index in [0.29, 0.717) is 19.6 Å². The maximum Gasteiger partial charge on any atom is 0.435 e. The Balaban J connectivity index is 1.58. The molecule has 5 rings (SSSR count). The Morgan fingerprint density at radius 1 is 1.11 bits per heavy atom. The second kappa shape index (κ2) is 9.23. The predicted molar refractivity (Wildman–Crippen MR) is 127 cm³/mol. The van der Waals surface area contributed by atoms with Crippen molar-refractivity contribution in [1.82, 2.24) is 15.2 Å². The molecule has 2 bridgehead atoms. The number of aliphatic hydroxyl groups excluding tert-OH is 1. The molecule has 0 spiro atoms. The third-order valence-corrected chi connectivity index (χ3v) is 7.13. The molecule has 2 aliphatic heterocycles. The van der Waals surface area contributed by atoms with Gasteiger partial charge in [0.05, 0.1) is 53.8 Å². The first kappa shape index (κ1) is 26.4. The highest BCUT2D eigenvalue weighted by molar-refractivity contribution is 5.93. The fourth-order valence-electron chi connectivity index (χ4n) is 5.08. The number of aryl methyl sites for hydroxylation is 1. The van der Waals surface area contributed by atoms with Gasteiger partial charge in [-0.3, -0.25) is 0 Å². The minimum Gasteiger partial charge on any atom is -0.387 e. The number of morpholine rings is 1. The lowest BCUT2D eigenvalue weighted by Gasteiger charge is -2.54. The number of hydrogen-bond donors (Lipinski definition) is 2. The first-order valence-electron chi connectivity index (χ1n) is 12.0. The number of benzene rings is 1. The third kappa shape index (κ3) is 4.31. The maximum atomic E-state index is 15.2. The molecule has 38 heavy (non-hydrogen) atoms. The first-order chi connectivity index (χ1) is 17.8. The number of nitrogens with one attached hydrogen (secondary N) is 1. The summed E-state index contributed by atoms with van der Waals surface area (Å²) in [6, 6.07) is 3.40. The number of aromatic nitrogens is 3. The van der Waals surface area contributed by atoms with Gasteiger partial charge in [-0.25, -0.2) is 9.37 Å². The monoisotopic (exact) mass is 541 g/mol. The van der Waals surface area contributed by atoms with Gasteiger partial charge in [0, 0.05) is 10.9 Å². The van der Waals surface area contributed by atoms with Crippen LogP contribution in [-0.4, -0.2) is 51.7 Å². The number of rotatable bonds is 6. The summed E-state index contributed by atoms with van der Waals surface area (Å²) in [5, 5.41) is 20.6. The van der Waals surface area contributed by atoms with Gasteiger partial charge in [-0.15, -0.1) is 5.10 Å². The predicted octanol–water partition coefficient (Wildman–Crippen LogP) is 5.11. The summed E-state index contributed by atoms with van der Waals surface area (Å²) >= 11 is 0. The Bertz CT molecular complexity index is 1370. The molecule has 4 atom stereocenters. The van der Waals surface area contributed by atoms with E-state index in [1.54, 1.807) is 4.90 Å². The largest absolute Gasteiger partial charge is 0.435 e. The summed E-state index contributed by atoms with van der Waals surface area (Å²) in [6.07, 6.45) is -6.15. The normalized spacial score (nSPS) is 21.3. The molecule has 13 heteroatoms. The molecule has 2 fully saturated rings. The van der Waals surface area contributed by atoms with E-state index < -0.39 is 41.3 Å². The fraction of sp³-hybridized carbons (Fsp3) is 0.480. The van der Waals surface area contributed by atoms with Gasteiger partial charge in [0.15, 0.2) is 11.5 Å². The highest BCUT2D eigenvalue weighted by Crippen LogP contribution is 2.45. The topological polar surface area (TPSA) is 83.4 Å². The molecular formula is C25H25F6N5O2. The van der Waals surface area contributed by atoms with Crippen molar-refractivity contribution in [1.29, 1.82) is 0 Å². The van der Waals surface area contributed by atoms with Gasteiger partial charge in [-0.05, 0) is 39.3 Å². The standard InChI is InChI=1S/C25H25F6N5O2/c1-11(16-5-4-6-18(20(16)26)24(27,28)13(3)37)32-23-17-8-19(36-14-7-15(36)10-38-9-14)22(25(29,30)31)33-21(17)12(2)34-35-23/h4-6,8,11,13-15,37H,7,9-10H2,1-3H3,(H,32,35)/t11-,13?,14?,15?/m1/s1. The lowest BCUT2D eigenvalue weighted by molar-refractivity contribution is -0.140. The average molecular weight is 541 g/mol. The van der Waals surface area contributed by atoms with E-state index in [9.17, 15) is 27.1 Å². The molecule has 4 heterocycles. The zero-order valence-electron chi connectivity index (χ0n) is 20.7. The highest BCUT2D eigenvalue weighted by Gasteiger charge is 2.47. The van der Waals surface area contributed by atoms with Gasteiger partial charge >= 0.3 is 12.1 Å². The van der Waals surface area contributed by atoms with Crippen LogP contribution in [-0.2, 0) is 16.8 Å². The quantitative estimate of drug-likeness (QED) is 0.420. The molecule has 2 N–H and O–H groups in total. The van der Waals surface area contributed by atoms with Crippen LogP contribution < -0.4 is 10.2 Å².